The number of nitrogens with zero attached hydrogens (tertiary/aromatic N) is 2. The van der Waals surface area contributed by atoms with Crippen molar-refractivity contribution in [2.75, 3.05) is 0 Å². The van der Waals surface area contributed by atoms with Crippen LogP contribution in [0.4, 0.5) is 9.59 Å². The van der Waals surface area contributed by atoms with Crippen LogP contribution in [0, 0.1) is 6.92 Å². The van der Waals surface area contributed by atoms with Gasteiger partial charge in [-0.25, -0.2) is 9.59 Å². The predicted molar refractivity (Wildman–Crippen MR) is 109 cm³/mol. The number of hydrogen-bond donors (Lipinski definition) is 2. The van der Waals surface area contributed by atoms with E-state index in [1.807, 2.05) is 32.0 Å². The first-order chi connectivity index (χ1) is 13.9. The molecular weight excluding hydrogens is 374 g/mol. The smallest absolute Gasteiger partial charge is 0.449 e. The van der Waals surface area contributed by atoms with Crippen molar-refractivity contribution in [2.45, 2.75) is 40.3 Å². The minimum absolute atomic E-state index is 0.00710. The van der Waals surface area contributed by atoms with Crippen molar-refractivity contribution >= 4 is 23.1 Å². The van der Waals surface area contributed by atoms with Crippen LogP contribution in [-0.4, -0.2) is 26.7 Å². The Balaban J connectivity index is 2.02. The number of fused-ring (bicyclic) bond motifs is 1. The molecule has 0 radical (unpaired) electrons. The van der Waals surface area contributed by atoms with E-state index in [9.17, 15) is 14.4 Å². The van der Waals surface area contributed by atoms with E-state index >= 15 is 0 Å². The molecule has 2 aromatic carbocycles. The molecule has 0 unspecified atom stereocenters. The van der Waals surface area contributed by atoms with Crippen LogP contribution in [-0.2, 0) is 19.5 Å². The second-order valence-electron chi connectivity index (χ2n) is 6.58. The number of para-hydroxylation sites is 1. The summed E-state index contributed by atoms with van der Waals surface area (Å²) in [5.41, 5.74) is 2.94. The number of carbonyl (C=O) groups is 2. The molecule has 3 aromatic rings. The third kappa shape index (κ3) is 3.73. The standard InChI is InChI=1S/C21H23N3O5/c1-4-14-9-6-8-13(3)16(14)12-22-20(26)24-19(25)15-10-7-11-17(29-21(27)28)18(15)23(24)5-2/h6-11H,4-5,12H2,1-3H3,(H,22,26)(H,27,28). The van der Waals surface area contributed by atoms with Crippen LogP contribution in [0.2, 0.25) is 0 Å². The number of carbonyl (C=O) groups excluding carboxylic acids is 1. The highest BCUT2D eigenvalue weighted by Gasteiger charge is 2.22. The number of rotatable bonds is 5. The molecule has 0 aliphatic rings. The molecule has 0 spiro atoms. The Labute approximate surface area is 167 Å². The number of carboxylic acid groups (broad SMARTS) is 1. The van der Waals surface area contributed by atoms with E-state index in [0.717, 1.165) is 27.8 Å². The maximum Gasteiger partial charge on any atom is 0.511 e. The van der Waals surface area contributed by atoms with Crippen molar-refractivity contribution in [2.24, 2.45) is 0 Å². The fourth-order valence-electron chi connectivity index (χ4n) is 3.55. The summed E-state index contributed by atoms with van der Waals surface area (Å²) in [4.78, 5) is 36.8. The van der Waals surface area contributed by atoms with Crippen molar-refractivity contribution in [1.82, 2.24) is 14.7 Å². The third-order valence-electron chi connectivity index (χ3n) is 4.92. The van der Waals surface area contributed by atoms with Gasteiger partial charge in [0.1, 0.15) is 5.52 Å². The van der Waals surface area contributed by atoms with Crippen molar-refractivity contribution in [3.63, 3.8) is 0 Å². The molecule has 0 aliphatic heterocycles. The number of amides is 1. The molecule has 1 heterocycles. The summed E-state index contributed by atoms with van der Waals surface area (Å²) in [5.74, 6) is 0.00710. The fraction of sp³-hybridized carbons (Fsp3) is 0.286. The highest BCUT2D eigenvalue weighted by Crippen LogP contribution is 2.24. The summed E-state index contributed by atoms with van der Waals surface area (Å²) < 4.78 is 7.22. The Hall–Kier alpha value is -3.55. The second-order valence-corrected chi connectivity index (χ2v) is 6.58. The number of hydrogen-bond acceptors (Lipinski definition) is 4. The van der Waals surface area contributed by atoms with Crippen LogP contribution in [0.1, 0.15) is 30.5 Å². The van der Waals surface area contributed by atoms with Crippen LogP contribution in [0.15, 0.2) is 41.2 Å². The summed E-state index contributed by atoms with van der Waals surface area (Å²) >= 11 is 0. The molecule has 0 atom stereocenters. The molecule has 29 heavy (non-hydrogen) atoms. The zero-order chi connectivity index (χ0) is 21.1. The molecule has 1 aromatic heterocycles. The molecule has 3 rings (SSSR count). The number of benzene rings is 2. The van der Waals surface area contributed by atoms with Gasteiger partial charge in [-0.2, -0.15) is 4.68 Å². The van der Waals surface area contributed by atoms with E-state index in [1.165, 1.54) is 16.8 Å². The topological polar surface area (TPSA) is 103 Å². The number of aromatic nitrogens is 2. The molecule has 1 amide bonds. The first kappa shape index (κ1) is 20.2. The Morgan fingerprint density at radius 2 is 1.86 bits per heavy atom. The van der Waals surface area contributed by atoms with Crippen LogP contribution in [0.5, 0.6) is 5.75 Å². The average molecular weight is 397 g/mol. The van der Waals surface area contributed by atoms with Gasteiger partial charge in [0.15, 0.2) is 5.75 Å². The van der Waals surface area contributed by atoms with E-state index in [4.69, 9.17) is 9.84 Å². The molecular formula is C21H23N3O5. The van der Waals surface area contributed by atoms with E-state index in [1.54, 1.807) is 13.0 Å². The van der Waals surface area contributed by atoms with Gasteiger partial charge in [0.25, 0.3) is 5.56 Å². The van der Waals surface area contributed by atoms with Gasteiger partial charge in [0.05, 0.1) is 5.39 Å². The van der Waals surface area contributed by atoms with E-state index in [-0.39, 0.29) is 29.7 Å². The van der Waals surface area contributed by atoms with Gasteiger partial charge in [0.2, 0.25) is 0 Å². The fourth-order valence-corrected chi connectivity index (χ4v) is 3.55. The van der Waals surface area contributed by atoms with Crippen LogP contribution in [0.25, 0.3) is 10.9 Å². The Bertz CT molecular complexity index is 1140. The van der Waals surface area contributed by atoms with E-state index < -0.39 is 17.7 Å². The molecule has 8 nitrogen and oxygen atoms in total. The van der Waals surface area contributed by atoms with E-state index in [2.05, 4.69) is 5.32 Å². The first-order valence-corrected chi connectivity index (χ1v) is 9.39. The lowest BCUT2D eigenvalue weighted by Gasteiger charge is -2.14. The summed E-state index contributed by atoms with van der Waals surface area (Å²) in [6.45, 7) is 6.34. The summed E-state index contributed by atoms with van der Waals surface area (Å²) in [7, 11) is 0. The Morgan fingerprint density at radius 1 is 1.14 bits per heavy atom. The first-order valence-electron chi connectivity index (χ1n) is 9.39. The zero-order valence-corrected chi connectivity index (χ0v) is 16.6. The molecule has 0 saturated carbocycles. The monoisotopic (exact) mass is 397 g/mol. The van der Waals surface area contributed by atoms with Gasteiger partial charge in [-0.05, 0) is 49.1 Å². The molecule has 2 N–H and O–H groups in total. The van der Waals surface area contributed by atoms with Gasteiger partial charge >= 0.3 is 12.2 Å². The van der Waals surface area contributed by atoms with Crippen molar-refractivity contribution < 1.29 is 19.4 Å². The Morgan fingerprint density at radius 3 is 2.52 bits per heavy atom. The second kappa shape index (κ2) is 8.22. The maximum atomic E-state index is 12.9. The third-order valence-corrected chi connectivity index (χ3v) is 4.92. The highest BCUT2D eigenvalue weighted by molar-refractivity contribution is 5.90. The van der Waals surface area contributed by atoms with Gasteiger partial charge in [0, 0.05) is 13.1 Å². The van der Waals surface area contributed by atoms with Gasteiger partial charge in [-0.3, -0.25) is 9.48 Å². The number of ether oxygens (including phenoxy) is 1. The minimum Gasteiger partial charge on any atom is -0.449 e. The van der Waals surface area contributed by atoms with Crippen molar-refractivity contribution in [3.05, 3.63) is 63.4 Å². The van der Waals surface area contributed by atoms with Crippen LogP contribution in [0.3, 0.4) is 0 Å². The summed E-state index contributed by atoms with van der Waals surface area (Å²) in [6, 6.07) is 9.89. The van der Waals surface area contributed by atoms with Gasteiger partial charge < -0.3 is 15.2 Å². The SMILES string of the molecule is CCc1cccc(C)c1CNC(=O)n1c(=O)c2cccc(OC(=O)O)c2n1CC. The quantitative estimate of drug-likeness (QED) is 0.507. The van der Waals surface area contributed by atoms with Crippen LogP contribution < -0.4 is 15.6 Å². The molecule has 152 valence electrons. The molecule has 0 aliphatic carbocycles. The Kier molecular flexibility index (Phi) is 5.72. The van der Waals surface area contributed by atoms with Gasteiger partial charge in [-0.15, -0.1) is 0 Å². The summed E-state index contributed by atoms with van der Waals surface area (Å²) in [5, 5.41) is 12.0. The predicted octanol–water partition coefficient (Wildman–Crippen LogP) is 3.51. The highest BCUT2D eigenvalue weighted by atomic mass is 16.7. The minimum atomic E-state index is -1.49. The van der Waals surface area contributed by atoms with Crippen LogP contribution >= 0.6 is 0 Å². The van der Waals surface area contributed by atoms with Crippen molar-refractivity contribution in [1.29, 1.82) is 0 Å². The molecule has 0 fully saturated rings. The largest absolute Gasteiger partial charge is 0.511 e. The lowest BCUT2D eigenvalue weighted by atomic mass is 10.0. The summed E-state index contributed by atoms with van der Waals surface area (Å²) in [6.07, 6.45) is -0.658. The zero-order valence-electron chi connectivity index (χ0n) is 16.6. The lowest BCUT2D eigenvalue weighted by molar-refractivity contribution is 0.145. The van der Waals surface area contributed by atoms with E-state index in [0.29, 0.717) is 0 Å². The average Bonchev–Trinajstić information content (AvgIpc) is 2.99. The maximum absolute atomic E-state index is 12.9. The van der Waals surface area contributed by atoms with Crippen molar-refractivity contribution in [3.8, 4) is 5.75 Å². The molecule has 8 heteroatoms. The molecule has 0 saturated heterocycles. The number of aryl methyl sites for hydroxylation is 3. The lowest BCUT2D eigenvalue weighted by Crippen LogP contribution is -2.38. The number of nitrogens with one attached hydrogen (secondary N) is 1. The normalized spacial score (nSPS) is 10.9. The molecule has 0 bridgehead atoms. The van der Waals surface area contributed by atoms with Gasteiger partial charge in [-0.1, -0.05) is 31.2 Å².